The van der Waals surface area contributed by atoms with Crippen molar-refractivity contribution in [3.63, 3.8) is 0 Å². The van der Waals surface area contributed by atoms with Crippen LogP contribution >= 0.6 is 11.8 Å². The second-order valence-electron chi connectivity index (χ2n) is 3.67. The molecule has 0 aliphatic heterocycles. The van der Waals surface area contributed by atoms with Gasteiger partial charge in [-0.25, -0.2) is 4.98 Å². The Morgan fingerprint density at radius 3 is 2.74 bits per heavy atom. The van der Waals surface area contributed by atoms with Crippen LogP contribution in [0.25, 0.3) is 0 Å². The van der Waals surface area contributed by atoms with Crippen LogP contribution in [0.5, 0.6) is 0 Å². The molecule has 0 saturated carbocycles. The highest BCUT2D eigenvalue weighted by atomic mass is 32.2. The number of nitrogens with zero attached hydrogens (tertiary/aromatic N) is 3. The molecule has 2 aromatic rings. The number of pyridine rings is 1. The molecule has 0 radical (unpaired) electrons. The molecule has 0 unspecified atom stereocenters. The fraction of sp³-hybridized carbons (Fsp3) is 0.0769. The van der Waals surface area contributed by atoms with E-state index in [1.165, 1.54) is 24.0 Å². The monoisotopic (exact) mass is 271 g/mol. The van der Waals surface area contributed by atoms with Gasteiger partial charge >= 0.3 is 0 Å². The van der Waals surface area contributed by atoms with E-state index in [2.05, 4.69) is 11.1 Å². The molecular weight excluding hydrogens is 262 g/mol. The largest absolute Gasteiger partial charge is 0.287 e. The maximum absolute atomic E-state index is 10.5. The molecule has 0 aliphatic carbocycles. The van der Waals surface area contributed by atoms with Crippen LogP contribution in [0.3, 0.4) is 0 Å². The molecule has 0 N–H and O–H groups in total. The van der Waals surface area contributed by atoms with Crippen molar-refractivity contribution in [2.24, 2.45) is 0 Å². The lowest BCUT2D eigenvalue weighted by molar-refractivity contribution is -0.385. The van der Waals surface area contributed by atoms with Crippen molar-refractivity contribution in [1.82, 2.24) is 4.98 Å². The summed E-state index contributed by atoms with van der Waals surface area (Å²) in [5, 5.41) is 20.2. The quantitative estimate of drug-likeness (QED) is 0.484. The van der Waals surface area contributed by atoms with Gasteiger partial charge in [-0.1, -0.05) is 18.2 Å². The van der Waals surface area contributed by atoms with Gasteiger partial charge in [0.25, 0.3) is 5.69 Å². The van der Waals surface area contributed by atoms with Crippen molar-refractivity contribution in [3.8, 4) is 6.07 Å². The molecule has 19 heavy (non-hydrogen) atoms. The lowest BCUT2D eigenvalue weighted by Gasteiger charge is -2.03. The van der Waals surface area contributed by atoms with Crippen LogP contribution in [-0.2, 0) is 5.75 Å². The average molecular weight is 271 g/mol. The second-order valence-corrected chi connectivity index (χ2v) is 4.66. The number of hydrogen-bond acceptors (Lipinski definition) is 5. The zero-order chi connectivity index (χ0) is 13.7. The third kappa shape index (κ3) is 3.30. The van der Waals surface area contributed by atoms with E-state index in [4.69, 9.17) is 5.26 Å². The van der Waals surface area contributed by atoms with Crippen molar-refractivity contribution in [2.45, 2.75) is 10.8 Å². The minimum absolute atomic E-state index is 0.0261. The van der Waals surface area contributed by atoms with Gasteiger partial charge in [-0.05, 0) is 17.7 Å². The summed E-state index contributed by atoms with van der Waals surface area (Å²) in [5.74, 6) is 0.606. The predicted octanol–water partition coefficient (Wildman–Crippen LogP) is 3.15. The lowest BCUT2D eigenvalue weighted by Crippen LogP contribution is -1.90. The Balaban J connectivity index is 2.06. The van der Waals surface area contributed by atoms with Crippen LogP contribution in [0, 0.1) is 21.4 Å². The fourth-order valence-electron chi connectivity index (χ4n) is 1.47. The molecule has 0 atom stereocenters. The predicted molar refractivity (Wildman–Crippen MR) is 71.6 cm³/mol. The van der Waals surface area contributed by atoms with Crippen molar-refractivity contribution in [3.05, 3.63) is 63.8 Å². The van der Waals surface area contributed by atoms with Crippen molar-refractivity contribution in [2.75, 3.05) is 0 Å². The van der Waals surface area contributed by atoms with E-state index in [1.54, 1.807) is 12.1 Å². The summed E-state index contributed by atoms with van der Waals surface area (Å²) in [6.07, 6.45) is 1.23. The number of nitro groups is 1. The Bertz CT molecular complexity index is 635. The summed E-state index contributed by atoms with van der Waals surface area (Å²) in [6.45, 7) is 0. The van der Waals surface area contributed by atoms with Gasteiger partial charge in [-0.3, -0.25) is 10.1 Å². The smallest absolute Gasteiger partial charge is 0.258 e. The first-order valence-electron chi connectivity index (χ1n) is 5.42. The molecule has 0 amide bonds. The Hall–Kier alpha value is -2.39. The molecular formula is C13H9N3O2S. The molecule has 1 aromatic carbocycles. The third-order valence-corrected chi connectivity index (χ3v) is 3.44. The molecule has 5 nitrogen and oxygen atoms in total. The van der Waals surface area contributed by atoms with Crippen LogP contribution in [0.1, 0.15) is 11.1 Å². The average Bonchev–Trinajstić information content (AvgIpc) is 2.45. The molecule has 6 heteroatoms. The van der Waals surface area contributed by atoms with Crippen LogP contribution < -0.4 is 0 Å². The number of benzene rings is 1. The molecule has 0 aliphatic rings. The van der Waals surface area contributed by atoms with Crippen molar-refractivity contribution >= 4 is 17.4 Å². The fourth-order valence-corrected chi connectivity index (χ4v) is 2.32. The summed E-state index contributed by atoms with van der Waals surface area (Å²) >= 11 is 1.44. The topological polar surface area (TPSA) is 79.8 Å². The highest BCUT2D eigenvalue weighted by Gasteiger charge is 2.06. The summed E-state index contributed by atoms with van der Waals surface area (Å²) in [7, 11) is 0. The molecule has 1 heterocycles. The molecule has 0 fully saturated rings. The summed E-state index contributed by atoms with van der Waals surface area (Å²) in [4.78, 5) is 14.0. The maximum atomic E-state index is 10.5. The molecule has 0 spiro atoms. The van der Waals surface area contributed by atoms with Gasteiger partial charge in [0.2, 0.25) is 0 Å². The SMILES string of the molecule is N#Cc1ccccc1CSc1ccc([N+](=O)[O-])cn1. The van der Waals surface area contributed by atoms with Crippen LogP contribution in [0.15, 0.2) is 47.6 Å². The van der Waals surface area contributed by atoms with E-state index in [9.17, 15) is 10.1 Å². The highest BCUT2D eigenvalue weighted by Crippen LogP contribution is 2.23. The van der Waals surface area contributed by atoms with Crippen molar-refractivity contribution in [1.29, 1.82) is 5.26 Å². The standard InChI is InChI=1S/C13H9N3O2S/c14-7-10-3-1-2-4-11(10)9-19-13-6-5-12(8-15-13)16(17)18/h1-6,8H,9H2. The normalized spacial score (nSPS) is 9.84. The van der Waals surface area contributed by atoms with Gasteiger partial charge in [0.05, 0.1) is 21.6 Å². The van der Waals surface area contributed by atoms with E-state index in [-0.39, 0.29) is 5.69 Å². The van der Waals surface area contributed by atoms with E-state index in [0.717, 1.165) is 5.56 Å². The summed E-state index contributed by atoms with van der Waals surface area (Å²) in [5.41, 5.74) is 1.54. The number of rotatable bonds is 4. The van der Waals surface area contributed by atoms with E-state index in [0.29, 0.717) is 16.3 Å². The number of thioether (sulfide) groups is 1. The van der Waals surface area contributed by atoms with Gasteiger partial charge in [0.1, 0.15) is 6.20 Å². The van der Waals surface area contributed by atoms with Crippen LogP contribution in [0.2, 0.25) is 0 Å². The number of nitriles is 1. The molecule has 0 saturated heterocycles. The molecule has 94 valence electrons. The molecule has 1 aromatic heterocycles. The first-order valence-corrected chi connectivity index (χ1v) is 6.40. The zero-order valence-corrected chi connectivity index (χ0v) is 10.6. The Morgan fingerprint density at radius 2 is 2.11 bits per heavy atom. The highest BCUT2D eigenvalue weighted by molar-refractivity contribution is 7.98. The molecule has 2 rings (SSSR count). The minimum Gasteiger partial charge on any atom is -0.258 e. The van der Waals surface area contributed by atoms with Crippen LogP contribution in [-0.4, -0.2) is 9.91 Å². The van der Waals surface area contributed by atoms with Crippen molar-refractivity contribution < 1.29 is 4.92 Å². The maximum Gasteiger partial charge on any atom is 0.287 e. The van der Waals surface area contributed by atoms with Gasteiger partial charge < -0.3 is 0 Å². The van der Waals surface area contributed by atoms with Gasteiger partial charge in [-0.15, -0.1) is 11.8 Å². The Kier molecular flexibility index (Phi) is 4.11. The summed E-state index contributed by atoms with van der Waals surface area (Å²) < 4.78 is 0. The van der Waals surface area contributed by atoms with E-state index >= 15 is 0 Å². The summed E-state index contributed by atoms with van der Waals surface area (Å²) in [6, 6.07) is 12.5. The van der Waals surface area contributed by atoms with E-state index in [1.807, 2.05) is 18.2 Å². The first kappa shape index (κ1) is 13.1. The zero-order valence-electron chi connectivity index (χ0n) is 9.81. The van der Waals surface area contributed by atoms with Gasteiger partial charge in [-0.2, -0.15) is 5.26 Å². The number of aromatic nitrogens is 1. The third-order valence-electron chi connectivity index (χ3n) is 2.44. The second kappa shape index (κ2) is 5.98. The minimum atomic E-state index is -0.480. The lowest BCUT2D eigenvalue weighted by atomic mass is 10.1. The number of hydrogen-bond donors (Lipinski definition) is 0. The Morgan fingerprint density at radius 1 is 1.32 bits per heavy atom. The Labute approximate surface area is 114 Å². The van der Waals surface area contributed by atoms with Gasteiger partial charge in [0.15, 0.2) is 0 Å². The first-order chi connectivity index (χ1) is 9.20. The molecule has 0 bridgehead atoms. The van der Waals surface area contributed by atoms with Crippen LogP contribution in [0.4, 0.5) is 5.69 Å². The van der Waals surface area contributed by atoms with E-state index < -0.39 is 4.92 Å². The van der Waals surface area contributed by atoms with Gasteiger partial charge in [0, 0.05) is 11.8 Å².